The highest BCUT2D eigenvalue weighted by atomic mass is 16.2. The van der Waals surface area contributed by atoms with Crippen LogP contribution < -0.4 is 5.73 Å². The number of piperidine rings is 1. The van der Waals surface area contributed by atoms with Gasteiger partial charge in [0.1, 0.15) is 6.33 Å². The molecule has 1 aliphatic carbocycles. The van der Waals surface area contributed by atoms with Gasteiger partial charge in [-0.15, -0.1) is 0 Å². The highest BCUT2D eigenvalue weighted by Crippen LogP contribution is 2.50. The van der Waals surface area contributed by atoms with Crippen molar-refractivity contribution in [1.29, 1.82) is 0 Å². The summed E-state index contributed by atoms with van der Waals surface area (Å²) >= 11 is 0. The van der Waals surface area contributed by atoms with E-state index in [2.05, 4.69) is 20.2 Å². The molecule has 1 saturated carbocycles. The molecule has 1 saturated heterocycles. The number of hydrogen-bond donors (Lipinski definition) is 2. The molecule has 2 aliphatic rings. The molecule has 8 nitrogen and oxygen atoms in total. The molecule has 2 amide bonds. The molecular formula is C17H20N6O2. The molecule has 8 heteroatoms. The molecule has 3 N–H and O–H groups in total. The maximum Gasteiger partial charge on any atom is 0.274 e. The molecular weight excluding hydrogens is 320 g/mol. The van der Waals surface area contributed by atoms with Gasteiger partial charge in [0.05, 0.1) is 11.4 Å². The van der Waals surface area contributed by atoms with Crippen LogP contribution in [0.25, 0.3) is 11.4 Å². The van der Waals surface area contributed by atoms with Crippen LogP contribution in [-0.2, 0) is 4.79 Å². The molecule has 2 fully saturated rings. The van der Waals surface area contributed by atoms with Crippen molar-refractivity contribution in [2.45, 2.75) is 38.1 Å². The third-order valence-corrected chi connectivity index (χ3v) is 5.25. The molecule has 1 aliphatic heterocycles. The highest BCUT2D eigenvalue weighted by Gasteiger charge is 2.54. The second-order valence-corrected chi connectivity index (χ2v) is 6.98. The fraction of sp³-hybridized carbons (Fsp3) is 0.471. The average molecular weight is 340 g/mol. The molecule has 0 radical (unpaired) electrons. The van der Waals surface area contributed by atoms with Crippen molar-refractivity contribution < 1.29 is 9.59 Å². The Bertz CT molecular complexity index is 841. The standard InChI is InChI=1S/C17H20N6O2/c1-10-6-12(20-9-19-10)13-7-14(22-21-13)16(25)23-5-2-11(15(18)24)8-17(23)3-4-17/h6-7,9,11H,2-5,8H2,1H3,(H2,18,24)(H,21,22). The van der Waals surface area contributed by atoms with E-state index in [9.17, 15) is 9.59 Å². The summed E-state index contributed by atoms with van der Waals surface area (Å²) in [6.07, 6.45) is 4.61. The number of carbonyl (C=O) groups is 2. The molecule has 25 heavy (non-hydrogen) atoms. The van der Waals surface area contributed by atoms with Gasteiger partial charge in [0.2, 0.25) is 5.91 Å². The molecule has 130 valence electrons. The lowest BCUT2D eigenvalue weighted by molar-refractivity contribution is -0.123. The first-order valence-corrected chi connectivity index (χ1v) is 8.44. The Labute approximate surface area is 144 Å². The molecule has 1 spiro atoms. The van der Waals surface area contributed by atoms with Crippen LogP contribution in [0.3, 0.4) is 0 Å². The number of nitrogens with two attached hydrogens (primary N) is 1. The Hall–Kier alpha value is -2.77. The minimum atomic E-state index is -0.264. The highest BCUT2D eigenvalue weighted by molar-refractivity contribution is 5.94. The first-order chi connectivity index (χ1) is 12.0. The summed E-state index contributed by atoms with van der Waals surface area (Å²) in [6.45, 7) is 2.43. The van der Waals surface area contributed by atoms with Gasteiger partial charge < -0.3 is 10.6 Å². The molecule has 0 aromatic carbocycles. The summed E-state index contributed by atoms with van der Waals surface area (Å²) in [5, 5.41) is 7.06. The molecule has 1 unspecified atom stereocenters. The van der Waals surface area contributed by atoms with E-state index in [1.54, 1.807) is 6.07 Å². The number of aromatic amines is 1. The zero-order chi connectivity index (χ0) is 17.6. The Balaban J connectivity index is 1.55. The number of nitrogens with zero attached hydrogens (tertiary/aromatic N) is 4. The van der Waals surface area contributed by atoms with E-state index >= 15 is 0 Å². The minimum absolute atomic E-state index is 0.103. The van der Waals surface area contributed by atoms with Gasteiger partial charge in [-0.1, -0.05) is 0 Å². The zero-order valence-corrected chi connectivity index (χ0v) is 14.0. The van der Waals surface area contributed by atoms with E-state index in [1.165, 1.54) is 6.33 Å². The molecule has 3 heterocycles. The number of nitrogens with one attached hydrogen (secondary N) is 1. The number of primary amides is 1. The summed E-state index contributed by atoms with van der Waals surface area (Å²) < 4.78 is 0. The Kier molecular flexibility index (Phi) is 3.55. The van der Waals surface area contributed by atoms with Crippen molar-refractivity contribution in [2.75, 3.05) is 6.54 Å². The van der Waals surface area contributed by atoms with Gasteiger partial charge in [0.25, 0.3) is 5.91 Å². The summed E-state index contributed by atoms with van der Waals surface area (Å²) in [5.74, 6) is -0.501. The van der Waals surface area contributed by atoms with Crippen molar-refractivity contribution >= 4 is 11.8 Å². The topological polar surface area (TPSA) is 118 Å². The van der Waals surface area contributed by atoms with E-state index in [0.29, 0.717) is 36.5 Å². The average Bonchev–Trinajstić information content (AvgIpc) is 3.17. The predicted octanol–water partition coefficient (Wildman–Crippen LogP) is 1.05. The fourth-order valence-corrected chi connectivity index (χ4v) is 3.67. The summed E-state index contributed by atoms with van der Waals surface area (Å²) in [5.41, 5.74) is 7.85. The van der Waals surface area contributed by atoms with E-state index in [4.69, 9.17) is 5.73 Å². The Morgan fingerprint density at radius 3 is 2.80 bits per heavy atom. The van der Waals surface area contributed by atoms with Gasteiger partial charge in [-0.25, -0.2) is 9.97 Å². The second-order valence-electron chi connectivity index (χ2n) is 6.98. The fourth-order valence-electron chi connectivity index (χ4n) is 3.67. The van der Waals surface area contributed by atoms with Gasteiger partial charge >= 0.3 is 0 Å². The third kappa shape index (κ3) is 2.77. The van der Waals surface area contributed by atoms with Gasteiger partial charge in [-0.2, -0.15) is 5.10 Å². The summed E-state index contributed by atoms with van der Waals surface area (Å²) in [4.78, 5) is 34.6. The van der Waals surface area contributed by atoms with Crippen LogP contribution in [0.5, 0.6) is 0 Å². The lowest BCUT2D eigenvalue weighted by Crippen LogP contribution is -2.50. The van der Waals surface area contributed by atoms with Gasteiger partial charge in [-0.05, 0) is 44.7 Å². The van der Waals surface area contributed by atoms with Crippen LogP contribution in [0.4, 0.5) is 0 Å². The largest absolute Gasteiger partial charge is 0.369 e. The number of likely N-dealkylation sites (tertiary alicyclic amines) is 1. The lowest BCUT2D eigenvalue weighted by Gasteiger charge is -2.38. The van der Waals surface area contributed by atoms with Crippen LogP contribution in [0.15, 0.2) is 18.5 Å². The number of H-pyrrole nitrogens is 1. The van der Waals surface area contributed by atoms with E-state index in [-0.39, 0.29) is 23.3 Å². The van der Waals surface area contributed by atoms with Crippen LogP contribution in [-0.4, -0.2) is 49.0 Å². The van der Waals surface area contributed by atoms with Gasteiger partial charge in [0, 0.05) is 23.7 Å². The molecule has 1 atom stereocenters. The van der Waals surface area contributed by atoms with Crippen molar-refractivity contribution in [2.24, 2.45) is 11.7 Å². The zero-order valence-electron chi connectivity index (χ0n) is 14.0. The molecule has 2 aromatic heterocycles. The number of aromatic nitrogens is 4. The Morgan fingerprint density at radius 2 is 2.12 bits per heavy atom. The molecule has 0 bridgehead atoms. The van der Waals surface area contributed by atoms with E-state index < -0.39 is 0 Å². The maximum absolute atomic E-state index is 12.9. The first kappa shape index (κ1) is 15.7. The van der Waals surface area contributed by atoms with E-state index in [1.807, 2.05) is 17.9 Å². The number of amides is 2. The predicted molar refractivity (Wildman–Crippen MR) is 89.3 cm³/mol. The number of carbonyl (C=O) groups excluding carboxylic acids is 2. The van der Waals surface area contributed by atoms with E-state index in [0.717, 1.165) is 18.5 Å². The van der Waals surface area contributed by atoms with Crippen LogP contribution >= 0.6 is 0 Å². The third-order valence-electron chi connectivity index (χ3n) is 5.25. The minimum Gasteiger partial charge on any atom is -0.369 e. The van der Waals surface area contributed by atoms with Crippen molar-refractivity contribution in [3.8, 4) is 11.4 Å². The summed E-state index contributed by atoms with van der Waals surface area (Å²) in [6, 6.07) is 3.56. The van der Waals surface area contributed by atoms with Gasteiger partial charge in [0.15, 0.2) is 5.69 Å². The number of rotatable bonds is 3. The second kappa shape index (κ2) is 5.65. The Morgan fingerprint density at radius 1 is 1.32 bits per heavy atom. The lowest BCUT2D eigenvalue weighted by atomic mass is 9.88. The maximum atomic E-state index is 12.9. The molecule has 2 aromatic rings. The number of hydrogen-bond acceptors (Lipinski definition) is 5. The smallest absolute Gasteiger partial charge is 0.274 e. The normalized spacial score (nSPS) is 21.3. The van der Waals surface area contributed by atoms with Crippen molar-refractivity contribution in [3.05, 3.63) is 29.8 Å². The summed E-state index contributed by atoms with van der Waals surface area (Å²) in [7, 11) is 0. The molecule has 4 rings (SSSR count). The van der Waals surface area contributed by atoms with Crippen molar-refractivity contribution in [3.63, 3.8) is 0 Å². The van der Waals surface area contributed by atoms with Crippen LogP contribution in [0.2, 0.25) is 0 Å². The number of aryl methyl sites for hydroxylation is 1. The van der Waals surface area contributed by atoms with Crippen molar-refractivity contribution in [1.82, 2.24) is 25.1 Å². The SMILES string of the molecule is Cc1cc(-c2cc(C(=O)N3CCC(C(N)=O)CC34CC4)n[nH]2)ncn1. The first-order valence-electron chi connectivity index (χ1n) is 8.44. The van der Waals surface area contributed by atoms with Gasteiger partial charge in [-0.3, -0.25) is 14.7 Å². The monoisotopic (exact) mass is 340 g/mol. The quantitative estimate of drug-likeness (QED) is 0.865. The van der Waals surface area contributed by atoms with Crippen LogP contribution in [0.1, 0.15) is 41.9 Å². The van der Waals surface area contributed by atoms with Crippen LogP contribution in [0, 0.1) is 12.8 Å².